The summed E-state index contributed by atoms with van der Waals surface area (Å²) in [7, 11) is 0. The molecule has 7 heteroatoms. The number of imide groups is 2. The van der Waals surface area contributed by atoms with E-state index >= 15 is 0 Å². The molecule has 102 valence electrons. The van der Waals surface area contributed by atoms with Gasteiger partial charge in [0, 0.05) is 6.04 Å². The Bertz CT molecular complexity index is 479. The molecule has 0 atom stereocenters. The van der Waals surface area contributed by atoms with Crippen LogP contribution in [0.2, 0.25) is 0 Å². The number of nitrogens with zero attached hydrogens (tertiary/aromatic N) is 1. The van der Waals surface area contributed by atoms with Crippen molar-refractivity contribution in [3.63, 3.8) is 0 Å². The number of hydrogen-bond acceptors (Lipinski definition) is 4. The van der Waals surface area contributed by atoms with Gasteiger partial charge in [0.1, 0.15) is 12.0 Å². The zero-order valence-electron chi connectivity index (χ0n) is 10.4. The first-order valence-corrected chi connectivity index (χ1v) is 6.50. The monoisotopic (exact) mass is 265 g/mol. The average Bonchev–Trinajstić information content (AvgIpc) is 3.06. The summed E-state index contributed by atoms with van der Waals surface area (Å²) in [5.74, 6) is -1.40. The van der Waals surface area contributed by atoms with Crippen LogP contribution in [0.4, 0.5) is 4.79 Å². The van der Waals surface area contributed by atoms with E-state index in [1.54, 1.807) is 0 Å². The highest BCUT2D eigenvalue weighted by atomic mass is 16.2. The predicted octanol–water partition coefficient (Wildman–Crippen LogP) is -0.486. The first-order chi connectivity index (χ1) is 9.03. The minimum absolute atomic E-state index is 0.176. The van der Waals surface area contributed by atoms with E-state index in [0.717, 1.165) is 24.2 Å². The van der Waals surface area contributed by atoms with E-state index in [0.29, 0.717) is 12.8 Å². The molecule has 0 unspecified atom stereocenters. The Morgan fingerprint density at radius 2 is 2.00 bits per heavy atom. The van der Waals surface area contributed by atoms with Crippen molar-refractivity contribution < 1.29 is 19.2 Å². The molecule has 7 nitrogen and oxygen atoms in total. The molecule has 0 aromatic rings. The lowest BCUT2D eigenvalue weighted by atomic mass is 9.66. The minimum atomic E-state index is -1.10. The molecule has 3 aliphatic rings. The summed E-state index contributed by atoms with van der Waals surface area (Å²) in [6.45, 7) is -0.309. The van der Waals surface area contributed by atoms with Crippen LogP contribution < -0.4 is 10.6 Å². The zero-order chi connectivity index (χ0) is 13.6. The van der Waals surface area contributed by atoms with Crippen molar-refractivity contribution in [2.45, 2.75) is 38.1 Å². The van der Waals surface area contributed by atoms with Gasteiger partial charge in [0.05, 0.1) is 0 Å². The molecule has 3 fully saturated rings. The second-order valence-electron chi connectivity index (χ2n) is 5.43. The van der Waals surface area contributed by atoms with E-state index in [4.69, 9.17) is 0 Å². The highest BCUT2D eigenvalue weighted by molar-refractivity contribution is 6.20. The summed E-state index contributed by atoms with van der Waals surface area (Å²) >= 11 is 0. The summed E-state index contributed by atoms with van der Waals surface area (Å²) in [6.07, 6.45) is 3.56. The number of nitrogens with one attached hydrogen (secondary N) is 2. The first kappa shape index (κ1) is 12.1. The molecular weight excluding hydrogens is 250 g/mol. The van der Waals surface area contributed by atoms with Gasteiger partial charge in [-0.25, -0.2) is 4.79 Å². The number of urea groups is 1. The van der Waals surface area contributed by atoms with Gasteiger partial charge in [-0.2, -0.15) is 0 Å². The van der Waals surface area contributed by atoms with E-state index in [-0.39, 0.29) is 18.5 Å². The summed E-state index contributed by atoms with van der Waals surface area (Å²) < 4.78 is 0. The van der Waals surface area contributed by atoms with Crippen molar-refractivity contribution >= 4 is 23.8 Å². The third-order valence-electron chi connectivity index (χ3n) is 4.01. The Hall–Kier alpha value is -1.92. The van der Waals surface area contributed by atoms with E-state index in [9.17, 15) is 19.2 Å². The van der Waals surface area contributed by atoms with E-state index in [1.165, 1.54) is 0 Å². The van der Waals surface area contributed by atoms with Crippen LogP contribution in [0.5, 0.6) is 0 Å². The fraction of sp³-hybridized carbons (Fsp3) is 0.667. The maximum Gasteiger partial charge on any atom is 0.331 e. The summed E-state index contributed by atoms with van der Waals surface area (Å²) in [4.78, 5) is 48.2. The van der Waals surface area contributed by atoms with Gasteiger partial charge < -0.3 is 5.32 Å². The van der Waals surface area contributed by atoms with Crippen LogP contribution in [-0.4, -0.2) is 41.2 Å². The quantitative estimate of drug-likeness (QED) is 0.673. The Kier molecular flexibility index (Phi) is 2.58. The van der Waals surface area contributed by atoms with Crippen LogP contribution in [0, 0.1) is 5.41 Å². The van der Waals surface area contributed by atoms with Gasteiger partial charge in [0.15, 0.2) is 0 Å². The van der Waals surface area contributed by atoms with Crippen molar-refractivity contribution in [1.29, 1.82) is 0 Å². The van der Waals surface area contributed by atoms with Gasteiger partial charge >= 0.3 is 6.03 Å². The first-order valence-electron chi connectivity index (χ1n) is 6.50. The van der Waals surface area contributed by atoms with Gasteiger partial charge in [0.2, 0.25) is 17.7 Å². The Labute approximate surface area is 109 Å². The van der Waals surface area contributed by atoms with Crippen molar-refractivity contribution in [2.24, 2.45) is 5.41 Å². The summed E-state index contributed by atoms with van der Waals surface area (Å²) in [5, 5.41) is 4.89. The normalized spacial score (nSPS) is 25.1. The molecule has 3 rings (SSSR count). The van der Waals surface area contributed by atoms with Gasteiger partial charge in [0.25, 0.3) is 0 Å². The van der Waals surface area contributed by atoms with Crippen molar-refractivity contribution in [2.75, 3.05) is 6.54 Å². The molecule has 1 spiro atoms. The van der Waals surface area contributed by atoms with E-state index < -0.39 is 23.3 Å². The van der Waals surface area contributed by atoms with Crippen molar-refractivity contribution in [3.05, 3.63) is 0 Å². The molecule has 19 heavy (non-hydrogen) atoms. The number of hydrogen-bond donors (Lipinski definition) is 2. The fourth-order valence-corrected chi connectivity index (χ4v) is 2.49. The fourth-order valence-electron chi connectivity index (χ4n) is 2.49. The summed E-state index contributed by atoms with van der Waals surface area (Å²) in [6, 6.07) is -0.617. The van der Waals surface area contributed by atoms with Gasteiger partial charge in [-0.15, -0.1) is 0 Å². The van der Waals surface area contributed by atoms with Gasteiger partial charge in [-0.05, 0) is 25.7 Å². The standard InChI is InChI=1S/C12H15N3O4/c16-8(13-7-2-3-7)6-15-10(18)12(4-1-5-12)9(17)14-11(15)19/h7H,1-6H2,(H,13,16)(H,14,17,19). The number of rotatable bonds is 3. The highest BCUT2D eigenvalue weighted by Gasteiger charge is 2.57. The van der Waals surface area contributed by atoms with Crippen LogP contribution in [-0.2, 0) is 14.4 Å². The topological polar surface area (TPSA) is 95.6 Å². The molecule has 1 aliphatic heterocycles. The van der Waals surface area contributed by atoms with Crippen LogP contribution in [0.3, 0.4) is 0 Å². The smallest absolute Gasteiger partial charge is 0.331 e. The van der Waals surface area contributed by atoms with Crippen molar-refractivity contribution in [1.82, 2.24) is 15.5 Å². The Balaban J connectivity index is 1.72. The second kappa shape index (κ2) is 4.04. The third kappa shape index (κ3) is 1.89. The van der Waals surface area contributed by atoms with E-state index in [2.05, 4.69) is 10.6 Å². The van der Waals surface area contributed by atoms with Crippen LogP contribution in [0.15, 0.2) is 0 Å². The minimum Gasteiger partial charge on any atom is -0.352 e. The SMILES string of the molecule is O=C(CN1C(=O)NC(=O)C2(CCC2)C1=O)NC1CC1. The molecule has 2 N–H and O–H groups in total. The molecule has 1 saturated heterocycles. The molecular formula is C12H15N3O4. The van der Waals surface area contributed by atoms with E-state index in [1.807, 2.05) is 0 Å². The molecule has 1 heterocycles. The molecule has 0 radical (unpaired) electrons. The number of carbonyl (C=O) groups excluding carboxylic acids is 4. The van der Waals surface area contributed by atoms with Crippen LogP contribution in [0.1, 0.15) is 32.1 Å². The molecule has 0 aromatic carbocycles. The predicted molar refractivity (Wildman–Crippen MR) is 62.7 cm³/mol. The number of amides is 5. The molecule has 0 bridgehead atoms. The lowest BCUT2D eigenvalue weighted by Gasteiger charge is -2.44. The zero-order valence-corrected chi connectivity index (χ0v) is 10.4. The number of barbiturate groups is 1. The second-order valence-corrected chi connectivity index (χ2v) is 5.43. The average molecular weight is 265 g/mol. The highest BCUT2D eigenvalue weighted by Crippen LogP contribution is 2.44. The van der Waals surface area contributed by atoms with Gasteiger partial charge in [-0.3, -0.25) is 24.6 Å². The maximum atomic E-state index is 12.3. The maximum absolute atomic E-state index is 12.3. The van der Waals surface area contributed by atoms with Gasteiger partial charge in [-0.1, -0.05) is 6.42 Å². The largest absolute Gasteiger partial charge is 0.352 e. The van der Waals surface area contributed by atoms with Crippen molar-refractivity contribution in [3.8, 4) is 0 Å². The lowest BCUT2D eigenvalue weighted by Crippen LogP contribution is -2.67. The molecule has 2 aliphatic carbocycles. The molecule has 5 amide bonds. The van der Waals surface area contributed by atoms with Crippen LogP contribution in [0.25, 0.3) is 0 Å². The molecule has 2 saturated carbocycles. The Morgan fingerprint density at radius 1 is 1.32 bits per heavy atom. The molecule has 0 aromatic heterocycles. The number of carbonyl (C=O) groups is 4. The Morgan fingerprint density at radius 3 is 2.53 bits per heavy atom. The van der Waals surface area contributed by atoms with Crippen LogP contribution >= 0.6 is 0 Å². The third-order valence-corrected chi connectivity index (χ3v) is 4.01. The lowest BCUT2D eigenvalue weighted by molar-refractivity contribution is -0.158. The summed E-state index contributed by atoms with van der Waals surface area (Å²) in [5.41, 5.74) is -1.10.